The van der Waals surface area contributed by atoms with Gasteiger partial charge in [0.2, 0.25) is 0 Å². The molecule has 0 saturated carbocycles. The molecule has 0 saturated heterocycles. The number of benzene rings is 2. The summed E-state index contributed by atoms with van der Waals surface area (Å²) >= 11 is 1.24. The van der Waals surface area contributed by atoms with E-state index < -0.39 is 11.7 Å². The number of alkyl halides is 3. The maximum Gasteiger partial charge on any atom is 0.416 e. The second kappa shape index (κ2) is 8.07. The molecule has 0 bridgehead atoms. The van der Waals surface area contributed by atoms with E-state index in [4.69, 9.17) is 9.47 Å². The highest BCUT2D eigenvalue weighted by atomic mass is 32.1. The number of fused-ring (bicyclic) bond motifs is 1. The number of hydrogen-bond acceptors (Lipinski definition) is 5. The molecular weight excluding hydrogens is 429 g/mol. The first-order valence-electron chi connectivity index (χ1n) is 9.17. The van der Waals surface area contributed by atoms with Gasteiger partial charge in [0.15, 0.2) is 11.5 Å². The van der Waals surface area contributed by atoms with Crippen molar-refractivity contribution in [2.24, 2.45) is 0 Å². The Morgan fingerprint density at radius 1 is 1.06 bits per heavy atom. The number of ether oxygens (including phenoxy) is 2. The summed E-state index contributed by atoms with van der Waals surface area (Å²) in [7, 11) is 3.09. The topological polar surface area (TPSA) is 53.4 Å². The van der Waals surface area contributed by atoms with Crippen LogP contribution >= 0.6 is 11.3 Å². The third-order valence-corrected chi connectivity index (χ3v) is 5.81. The van der Waals surface area contributed by atoms with E-state index in [2.05, 4.69) is 4.98 Å². The highest BCUT2D eigenvalue weighted by Crippen LogP contribution is 2.36. The number of halogens is 3. The van der Waals surface area contributed by atoms with Crippen LogP contribution in [-0.2, 0) is 12.7 Å². The summed E-state index contributed by atoms with van der Waals surface area (Å²) < 4.78 is 51.2. The highest BCUT2D eigenvalue weighted by molar-refractivity contribution is 7.17. The Hall–Kier alpha value is -3.33. The molecule has 2 aromatic heterocycles. The van der Waals surface area contributed by atoms with Gasteiger partial charge in [0.25, 0.3) is 5.56 Å². The molecule has 2 aromatic carbocycles. The Morgan fingerprint density at radius 3 is 2.55 bits per heavy atom. The van der Waals surface area contributed by atoms with Crippen LogP contribution in [0.2, 0.25) is 0 Å². The van der Waals surface area contributed by atoms with Crippen LogP contribution in [0.25, 0.3) is 21.3 Å². The maximum atomic E-state index is 13.0. The van der Waals surface area contributed by atoms with Crippen molar-refractivity contribution in [2.75, 3.05) is 14.2 Å². The summed E-state index contributed by atoms with van der Waals surface area (Å²) in [5, 5.41) is 1.83. The number of aromatic nitrogens is 2. The fourth-order valence-corrected chi connectivity index (χ4v) is 4.28. The van der Waals surface area contributed by atoms with Gasteiger partial charge >= 0.3 is 6.18 Å². The number of hydrogen-bond donors (Lipinski definition) is 0. The second-order valence-corrected chi connectivity index (χ2v) is 7.65. The molecule has 4 aromatic rings. The van der Waals surface area contributed by atoms with Crippen LogP contribution in [0.4, 0.5) is 13.2 Å². The minimum Gasteiger partial charge on any atom is -0.493 e. The lowest BCUT2D eigenvalue weighted by atomic mass is 10.1. The van der Waals surface area contributed by atoms with Crippen molar-refractivity contribution in [2.45, 2.75) is 12.7 Å². The van der Waals surface area contributed by atoms with Gasteiger partial charge in [0.1, 0.15) is 4.70 Å². The zero-order valence-electron chi connectivity index (χ0n) is 16.6. The molecule has 4 rings (SSSR count). The van der Waals surface area contributed by atoms with Crippen LogP contribution < -0.4 is 15.0 Å². The molecule has 0 unspecified atom stereocenters. The molecule has 0 aliphatic carbocycles. The molecule has 0 N–H and O–H groups in total. The lowest BCUT2D eigenvalue weighted by Gasteiger charge is -2.10. The van der Waals surface area contributed by atoms with Gasteiger partial charge in [-0.15, -0.1) is 11.3 Å². The molecule has 31 heavy (non-hydrogen) atoms. The average Bonchev–Trinajstić information content (AvgIpc) is 3.19. The van der Waals surface area contributed by atoms with Crippen LogP contribution in [-0.4, -0.2) is 23.8 Å². The normalized spacial score (nSPS) is 11.6. The van der Waals surface area contributed by atoms with Gasteiger partial charge in [-0.1, -0.05) is 18.2 Å². The van der Waals surface area contributed by atoms with E-state index in [1.54, 1.807) is 25.3 Å². The zero-order valence-corrected chi connectivity index (χ0v) is 17.4. The summed E-state index contributed by atoms with van der Waals surface area (Å²) in [4.78, 5) is 17.4. The number of rotatable bonds is 5. The zero-order chi connectivity index (χ0) is 22.2. The lowest BCUT2D eigenvalue weighted by molar-refractivity contribution is -0.137. The predicted octanol–water partition coefficient (Wildman–Crippen LogP) is 5.21. The van der Waals surface area contributed by atoms with Crippen molar-refractivity contribution in [3.63, 3.8) is 0 Å². The number of thiophene rings is 1. The van der Waals surface area contributed by atoms with E-state index in [9.17, 15) is 18.0 Å². The van der Waals surface area contributed by atoms with E-state index in [1.807, 2.05) is 11.4 Å². The van der Waals surface area contributed by atoms with E-state index in [-0.39, 0.29) is 12.1 Å². The Kier molecular flexibility index (Phi) is 5.45. The van der Waals surface area contributed by atoms with Gasteiger partial charge < -0.3 is 9.47 Å². The van der Waals surface area contributed by atoms with E-state index >= 15 is 0 Å². The van der Waals surface area contributed by atoms with Crippen molar-refractivity contribution in [3.8, 4) is 22.6 Å². The number of methoxy groups -OCH3 is 2. The van der Waals surface area contributed by atoms with Gasteiger partial charge in [0.05, 0.1) is 38.2 Å². The molecule has 0 fully saturated rings. The largest absolute Gasteiger partial charge is 0.493 e. The van der Waals surface area contributed by atoms with Gasteiger partial charge in [0, 0.05) is 10.9 Å². The molecular formula is C22H17F3N2O3S. The molecule has 0 spiro atoms. The predicted molar refractivity (Wildman–Crippen MR) is 113 cm³/mol. The van der Waals surface area contributed by atoms with Crippen molar-refractivity contribution in [3.05, 3.63) is 75.7 Å². The molecule has 2 heterocycles. The van der Waals surface area contributed by atoms with Gasteiger partial charge in [-0.2, -0.15) is 13.2 Å². The Labute approximate surface area is 179 Å². The van der Waals surface area contributed by atoms with Crippen molar-refractivity contribution < 1.29 is 22.6 Å². The van der Waals surface area contributed by atoms with Crippen LogP contribution in [0.5, 0.6) is 11.5 Å². The fraction of sp³-hybridized carbons (Fsp3) is 0.182. The first kappa shape index (κ1) is 20.9. The summed E-state index contributed by atoms with van der Waals surface area (Å²) in [6.45, 7) is -0.00468. The van der Waals surface area contributed by atoms with Gasteiger partial charge in [-0.25, -0.2) is 4.98 Å². The lowest BCUT2D eigenvalue weighted by Crippen LogP contribution is -2.20. The van der Waals surface area contributed by atoms with Crippen LogP contribution in [0.3, 0.4) is 0 Å². The third kappa shape index (κ3) is 4.00. The van der Waals surface area contributed by atoms with E-state index in [0.717, 1.165) is 23.3 Å². The van der Waals surface area contributed by atoms with E-state index in [1.165, 1.54) is 35.4 Å². The molecule has 0 radical (unpaired) electrons. The summed E-state index contributed by atoms with van der Waals surface area (Å²) in [6.07, 6.45) is -3.08. The quantitative estimate of drug-likeness (QED) is 0.422. The molecule has 0 amide bonds. The maximum absolute atomic E-state index is 13.0. The first-order valence-corrected chi connectivity index (χ1v) is 10.0. The third-order valence-electron chi connectivity index (χ3n) is 4.85. The molecule has 9 heteroatoms. The van der Waals surface area contributed by atoms with E-state index in [0.29, 0.717) is 27.3 Å². The molecule has 5 nitrogen and oxygen atoms in total. The van der Waals surface area contributed by atoms with Crippen molar-refractivity contribution in [1.82, 2.24) is 9.55 Å². The van der Waals surface area contributed by atoms with Crippen LogP contribution in [0.1, 0.15) is 11.1 Å². The minimum absolute atomic E-state index is 0.00468. The van der Waals surface area contributed by atoms with Crippen molar-refractivity contribution in [1.29, 1.82) is 0 Å². The second-order valence-electron chi connectivity index (χ2n) is 6.77. The highest BCUT2D eigenvalue weighted by Gasteiger charge is 2.30. The summed E-state index contributed by atoms with van der Waals surface area (Å²) in [5.74, 6) is 1.14. The van der Waals surface area contributed by atoms with Crippen LogP contribution in [0.15, 0.2) is 59.0 Å². The Balaban J connectivity index is 1.72. The van der Waals surface area contributed by atoms with Gasteiger partial charge in [-0.3, -0.25) is 9.36 Å². The molecule has 0 atom stereocenters. The fourth-order valence-electron chi connectivity index (χ4n) is 3.31. The molecule has 0 aliphatic heterocycles. The summed E-state index contributed by atoms with van der Waals surface area (Å²) in [6, 6.07) is 10.3. The summed E-state index contributed by atoms with van der Waals surface area (Å²) in [5.41, 5.74) is 1.42. The van der Waals surface area contributed by atoms with Gasteiger partial charge in [-0.05, 0) is 35.4 Å². The monoisotopic (exact) mass is 446 g/mol. The number of nitrogens with zero attached hydrogens (tertiary/aromatic N) is 2. The molecule has 0 aliphatic rings. The standard InChI is InChI=1S/C22H17F3N2O3S/c1-29-17-7-6-14(9-18(17)30-2)16-11-31-20-19(16)26-12-27(21(20)28)10-13-4-3-5-15(8-13)22(23,24)25/h3-9,11-12H,10H2,1-2H3. The molecule has 160 valence electrons. The van der Waals surface area contributed by atoms with Crippen molar-refractivity contribution >= 4 is 21.6 Å². The Morgan fingerprint density at radius 2 is 1.84 bits per heavy atom. The SMILES string of the molecule is COc1ccc(-c2csc3c(=O)n(Cc4cccc(C(F)(F)F)c4)cnc23)cc1OC. The smallest absolute Gasteiger partial charge is 0.416 e. The minimum atomic E-state index is -4.44. The average molecular weight is 446 g/mol. The van der Waals surface area contributed by atoms with Crippen LogP contribution in [0, 0.1) is 0 Å². The Bertz CT molecular complexity index is 1310. The first-order chi connectivity index (χ1) is 14.8.